The SMILES string of the molecule is COc1cc(OC)cc(C(=O)NC[C@H]2CCCN(C(=O)c3ccc(C(C)=O)cc3)C2)c1. The number of hydrogen-bond acceptors (Lipinski definition) is 5. The van der Waals surface area contributed by atoms with Gasteiger partial charge < -0.3 is 19.7 Å². The van der Waals surface area contributed by atoms with Gasteiger partial charge in [-0.15, -0.1) is 0 Å². The number of methoxy groups -OCH3 is 2. The van der Waals surface area contributed by atoms with Crippen LogP contribution in [-0.4, -0.2) is 56.4 Å². The number of carbonyl (C=O) groups excluding carboxylic acids is 3. The highest BCUT2D eigenvalue weighted by atomic mass is 16.5. The highest BCUT2D eigenvalue weighted by Gasteiger charge is 2.25. The summed E-state index contributed by atoms with van der Waals surface area (Å²) in [7, 11) is 3.08. The van der Waals surface area contributed by atoms with Gasteiger partial charge in [0.05, 0.1) is 14.2 Å². The van der Waals surface area contributed by atoms with Crippen LogP contribution >= 0.6 is 0 Å². The number of carbonyl (C=O) groups is 3. The van der Waals surface area contributed by atoms with E-state index in [1.165, 1.54) is 21.1 Å². The van der Waals surface area contributed by atoms with Crippen molar-refractivity contribution in [3.63, 3.8) is 0 Å². The average molecular weight is 424 g/mol. The lowest BCUT2D eigenvalue weighted by Crippen LogP contribution is -2.43. The Labute approximate surface area is 182 Å². The van der Waals surface area contributed by atoms with Gasteiger partial charge in [-0.05, 0) is 49.9 Å². The van der Waals surface area contributed by atoms with E-state index in [1.807, 2.05) is 4.90 Å². The molecule has 0 saturated carbocycles. The number of amides is 2. The van der Waals surface area contributed by atoms with Crippen molar-refractivity contribution in [1.82, 2.24) is 10.2 Å². The van der Waals surface area contributed by atoms with E-state index in [9.17, 15) is 14.4 Å². The average Bonchev–Trinajstić information content (AvgIpc) is 2.81. The van der Waals surface area contributed by atoms with E-state index in [4.69, 9.17) is 9.47 Å². The van der Waals surface area contributed by atoms with Gasteiger partial charge in [-0.3, -0.25) is 14.4 Å². The number of nitrogens with one attached hydrogen (secondary N) is 1. The molecule has 0 aromatic heterocycles. The van der Waals surface area contributed by atoms with E-state index in [0.717, 1.165) is 12.8 Å². The first-order chi connectivity index (χ1) is 14.9. The summed E-state index contributed by atoms with van der Waals surface area (Å²) >= 11 is 0. The lowest BCUT2D eigenvalue weighted by atomic mass is 9.97. The predicted molar refractivity (Wildman–Crippen MR) is 117 cm³/mol. The fraction of sp³-hybridized carbons (Fsp3) is 0.375. The van der Waals surface area contributed by atoms with E-state index < -0.39 is 0 Å². The fourth-order valence-corrected chi connectivity index (χ4v) is 3.72. The molecule has 1 heterocycles. The minimum Gasteiger partial charge on any atom is -0.497 e. The van der Waals surface area contributed by atoms with Gasteiger partial charge in [-0.25, -0.2) is 0 Å². The molecule has 1 fully saturated rings. The Kier molecular flexibility index (Phi) is 7.28. The quantitative estimate of drug-likeness (QED) is 0.690. The molecule has 31 heavy (non-hydrogen) atoms. The highest BCUT2D eigenvalue weighted by Crippen LogP contribution is 2.23. The summed E-state index contributed by atoms with van der Waals surface area (Å²) in [5.41, 5.74) is 1.62. The van der Waals surface area contributed by atoms with Crippen molar-refractivity contribution in [1.29, 1.82) is 0 Å². The normalized spacial score (nSPS) is 15.8. The largest absolute Gasteiger partial charge is 0.497 e. The number of rotatable bonds is 7. The first kappa shape index (κ1) is 22.3. The van der Waals surface area contributed by atoms with Gasteiger partial charge in [-0.2, -0.15) is 0 Å². The highest BCUT2D eigenvalue weighted by molar-refractivity contribution is 5.98. The Morgan fingerprint density at radius 1 is 0.968 bits per heavy atom. The molecule has 3 rings (SSSR count). The molecule has 0 radical (unpaired) electrons. The van der Waals surface area contributed by atoms with Crippen LogP contribution in [0.5, 0.6) is 11.5 Å². The van der Waals surface area contributed by atoms with E-state index in [1.54, 1.807) is 42.5 Å². The number of benzene rings is 2. The molecule has 2 aromatic carbocycles. The lowest BCUT2D eigenvalue weighted by Gasteiger charge is -2.33. The van der Waals surface area contributed by atoms with Crippen LogP contribution in [0.2, 0.25) is 0 Å². The molecule has 1 aliphatic rings. The maximum absolute atomic E-state index is 12.9. The number of likely N-dealkylation sites (tertiary alicyclic amines) is 1. The smallest absolute Gasteiger partial charge is 0.253 e. The number of piperidine rings is 1. The van der Waals surface area contributed by atoms with Crippen LogP contribution in [0.15, 0.2) is 42.5 Å². The Morgan fingerprint density at radius 3 is 2.16 bits per heavy atom. The van der Waals surface area contributed by atoms with E-state index in [0.29, 0.717) is 47.8 Å². The zero-order valence-electron chi connectivity index (χ0n) is 18.1. The van der Waals surface area contributed by atoms with Gasteiger partial charge in [0.2, 0.25) is 0 Å². The molecule has 2 aromatic rings. The molecule has 1 saturated heterocycles. The minimum atomic E-state index is -0.208. The molecule has 0 spiro atoms. The van der Waals surface area contributed by atoms with Gasteiger partial charge in [-0.1, -0.05) is 12.1 Å². The van der Waals surface area contributed by atoms with Crippen molar-refractivity contribution in [2.45, 2.75) is 19.8 Å². The van der Waals surface area contributed by atoms with Crippen LogP contribution in [0, 0.1) is 5.92 Å². The standard InChI is InChI=1S/C24H28N2O5/c1-16(27)18-6-8-19(9-7-18)24(29)26-10-4-5-17(15-26)14-25-23(28)20-11-21(30-2)13-22(12-20)31-3/h6-9,11-13,17H,4-5,10,14-15H2,1-3H3,(H,25,28)/t17-/m1/s1. The topological polar surface area (TPSA) is 84.9 Å². The van der Waals surface area contributed by atoms with Gasteiger partial charge in [0, 0.05) is 42.4 Å². The molecule has 0 unspecified atom stereocenters. The van der Waals surface area contributed by atoms with Gasteiger partial charge in [0.15, 0.2) is 5.78 Å². The Morgan fingerprint density at radius 2 is 1.58 bits per heavy atom. The second-order valence-corrected chi connectivity index (χ2v) is 7.70. The van der Waals surface area contributed by atoms with Crippen molar-refractivity contribution in [2.75, 3.05) is 33.9 Å². The zero-order chi connectivity index (χ0) is 22.4. The van der Waals surface area contributed by atoms with Crippen molar-refractivity contribution in [3.8, 4) is 11.5 Å². The Balaban J connectivity index is 1.59. The third-order valence-electron chi connectivity index (χ3n) is 5.51. The first-order valence-electron chi connectivity index (χ1n) is 10.3. The number of ketones is 1. The summed E-state index contributed by atoms with van der Waals surface area (Å²) in [6, 6.07) is 11.8. The fourth-order valence-electron chi connectivity index (χ4n) is 3.72. The second kappa shape index (κ2) is 10.1. The molecule has 1 aliphatic heterocycles. The summed E-state index contributed by atoms with van der Waals surface area (Å²) in [5.74, 6) is 0.987. The van der Waals surface area contributed by atoms with Crippen LogP contribution in [0.1, 0.15) is 50.8 Å². The molecule has 164 valence electrons. The Hall–Kier alpha value is -3.35. The zero-order valence-corrected chi connectivity index (χ0v) is 18.1. The molecule has 1 atom stereocenters. The van der Waals surface area contributed by atoms with Gasteiger partial charge in [0.1, 0.15) is 11.5 Å². The molecular weight excluding hydrogens is 396 g/mol. The monoisotopic (exact) mass is 424 g/mol. The molecule has 7 heteroatoms. The van der Waals surface area contributed by atoms with Crippen LogP contribution in [-0.2, 0) is 0 Å². The van der Waals surface area contributed by atoms with Crippen LogP contribution < -0.4 is 14.8 Å². The van der Waals surface area contributed by atoms with Crippen molar-refractivity contribution in [3.05, 3.63) is 59.2 Å². The number of hydrogen-bond donors (Lipinski definition) is 1. The number of Topliss-reactive ketones (excluding diaryl/α,β-unsaturated/α-hetero) is 1. The first-order valence-corrected chi connectivity index (χ1v) is 10.3. The van der Waals surface area contributed by atoms with Crippen molar-refractivity contribution < 1.29 is 23.9 Å². The summed E-state index contributed by atoms with van der Waals surface area (Å²) in [6.45, 7) is 3.24. The second-order valence-electron chi connectivity index (χ2n) is 7.70. The maximum atomic E-state index is 12.9. The van der Waals surface area contributed by atoms with Crippen LogP contribution in [0.3, 0.4) is 0 Å². The summed E-state index contributed by atoms with van der Waals surface area (Å²) < 4.78 is 10.4. The molecule has 0 bridgehead atoms. The van der Waals surface area contributed by atoms with E-state index in [2.05, 4.69) is 5.32 Å². The van der Waals surface area contributed by atoms with E-state index in [-0.39, 0.29) is 23.5 Å². The van der Waals surface area contributed by atoms with Crippen LogP contribution in [0.4, 0.5) is 0 Å². The van der Waals surface area contributed by atoms with E-state index >= 15 is 0 Å². The summed E-state index contributed by atoms with van der Waals surface area (Å²) in [6.07, 6.45) is 1.82. The van der Waals surface area contributed by atoms with Crippen LogP contribution in [0.25, 0.3) is 0 Å². The summed E-state index contributed by atoms with van der Waals surface area (Å²) in [5, 5.41) is 2.96. The number of nitrogens with zero attached hydrogens (tertiary/aromatic N) is 1. The molecular formula is C24H28N2O5. The van der Waals surface area contributed by atoms with Gasteiger partial charge >= 0.3 is 0 Å². The molecule has 1 N–H and O–H groups in total. The molecule has 7 nitrogen and oxygen atoms in total. The minimum absolute atomic E-state index is 0.0265. The van der Waals surface area contributed by atoms with Gasteiger partial charge in [0.25, 0.3) is 11.8 Å². The lowest BCUT2D eigenvalue weighted by molar-refractivity contribution is 0.0670. The maximum Gasteiger partial charge on any atom is 0.253 e. The van der Waals surface area contributed by atoms with Crippen molar-refractivity contribution >= 4 is 17.6 Å². The van der Waals surface area contributed by atoms with Crippen molar-refractivity contribution in [2.24, 2.45) is 5.92 Å². The molecule has 0 aliphatic carbocycles. The summed E-state index contributed by atoms with van der Waals surface area (Å²) in [4.78, 5) is 38.7. The number of ether oxygens (including phenoxy) is 2. The third-order valence-corrected chi connectivity index (χ3v) is 5.51. The Bertz CT molecular complexity index is 933. The predicted octanol–water partition coefficient (Wildman–Crippen LogP) is 3.19. The molecule has 2 amide bonds. The third kappa shape index (κ3) is 5.63.